The molecule has 1 saturated heterocycles. The van der Waals surface area contributed by atoms with Crippen LogP contribution in [0.1, 0.15) is 58.2 Å². The third kappa shape index (κ3) is 6.87. The van der Waals surface area contributed by atoms with Crippen LogP contribution in [0, 0.1) is 0 Å². The number of azo groups is 1. The summed E-state index contributed by atoms with van der Waals surface area (Å²) in [6.07, 6.45) is 12.0. The van der Waals surface area contributed by atoms with Gasteiger partial charge in [0, 0.05) is 32.6 Å². The second-order valence-electron chi connectivity index (χ2n) is 8.04. The molecule has 0 N–H and O–H groups in total. The summed E-state index contributed by atoms with van der Waals surface area (Å²) in [6, 6.07) is 8.28. The molecule has 1 aromatic carbocycles. The van der Waals surface area contributed by atoms with Crippen LogP contribution in [0.3, 0.4) is 0 Å². The lowest BCUT2D eigenvalue weighted by Gasteiger charge is -2.36. The second kappa shape index (κ2) is 12.4. The van der Waals surface area contributed by atoms with Gasteiger partial charge in [0.1, 0.15) is 17.2 Å². The molecule has 0 bridgehead atoms. The van der Waals surface area contributed by atoms with E-state index in [1.807, 2.05) is 12.1 Å². The molecule has 2 heterocycles. The fourth-order valence-corrected chi connectivity index (χ4v) is 3.79. The predicted octanol–water partition coefficient (Wildman–Crippen LogP) is 5.94. The van der Waals surface area contributed by atoms with Crippen LogP contribution in [0.4, 0.5) is 17.1 Å². The molecule has 0 unspecified atom stereocenters. The van der Waals surface area contributed by atoms with E-state index in [9.17, 15) is 0 Å². The number of piperazine rings is 1. The molecule has 3 rings (SSSR count). The Bertz CT molecular complexity index is 766. The molecule has 0 amide bonds. The van der Waals surface area contributed by atoms with Crippen LogP contribution in [-0.2, 0) is 6.42 Å². The monoisotopic (exact) mass is 408 g/mol. The Morgan fingerprint density at radius 2 is 1.53 bits per heavy atom. The van der Waals surface area contributed by atoms with Crippen molar-refractivity contribution >= 4 is 17.1 Å². The van der Waals surface area contributed by atoms with E-state index in [-0.39, 0.29) is 0 Å². The Morgan fingerprint density at radius 3 is 2.27 bits per heavy atom. The zero-order valence-corrected chi connectivity index (χ0v) is 18.6. The number of aromatic nitrogens is 2. The van der Waals surface area contributed by atoms with Crippen molar-refractivity contribution in [1.29, 1.82) is 0 Å². The summed E-state index contributed by atoms with van der Waals surface area (Å²) in [5.41, 5.74) is 2.76. The van der Waals surface area contributed by atoms with E-state index in [0.717, 1.165) is 56.2 Å². The maximum absolute atomic E-state index is 4.53. The van der Waals surface area contributed by atoms with Crippen molar-refractivity contribution in [2.75, 3.05) is 37.6 Å². The van der Waals surface area contributed by atoms with Crippen LogP contribution < -0.4 is 4.90 Å². The number of benzene rings is 1. The minimum Gasteiger partial charge on any atom is -0.367 e. The molecule has 0 atom stereocenters. The normalized spacial score (nSPS) is 15.2. The van der Waals surface area contributed by atoms with Crippen molar-refractivity contribution in [2.45, 2.75) is 58.8 Å². The number of hydrogen-bond acceptors (Lipinski definition) is 6. The maximum atomic E-state index is 4.53. The quantitative estimate of drug-likeness (QED) is 0.341. The van der Waals surface area contributed by atoms with Gasteiger partial charge in [0.2, 0.25) is 0 Å². The molecular formula is C24H36N6. The molecule has 1 aromatic heterocycles. The third-order valence-corrected chi connectivity index (χ3v) is 5.64. The maximum Gasteiger partial charge on any atom is 0.128 e. The Morgan fingerprint density at radius 1 is 0.833 bits per heavy atom. The molecule has 162 valence electrons. The van der Waals surface area contributed by atoms with Gasteiger partial charge in [0.05, 0.1) is 18.1 Å². The fraction of sp³-hybridized carbons (Fsp3) is 0.583. The highest BCUT2D eigenvalue weighted by atomic mass is 15.3. The first-order chi connectivity index (χ1) is 14.8. The standard InChI is InChI=1S/C24H36N6/c1-3-5-7-13-24-25-19-21(20-26-24)27-28-22-11-8-9-12-23(22)30-17-15-29(16-18-30)14-10-6-4-2/h8-9,11-12,19-20H,3-7,10,13-18H2,1-2H3. The van der Waals surface area contributed by atoms with E-state index >= 15 is 0 Å². The molecule has 1 fully saturated rings. The molecule has 1 aliphatic rings. The minimum atomic E-state index is 0.699. The Hall–Kier alpha value is -2.34. The lowest BCUT2D eigenvalue weighted by molar-refractivity contribution is 0.253. The van der Waals surface area contributed by atoms with Crippen molar-refractivity contribution in [3.8, 4) is 0 Å². The van der Waals surface area contributed by atoms with Crippen molar-refractivity contribution < 1.29 is 0 Å². The topological polar surface area (TPSA) is 57.0 Å². The molecule has 30 heavy (non-hydrogen) atoms. The van der Waals surface area contributed by atoms with Gasteiger partial charge in [-0.2, -0.15) is 0 Å². The van der Waals surface area contributed by atoms with Gasteiger partial charge in [0.25, 0.3) is 0 Å². The first-order valence-electron chi connectivity index (χ1n) is 11.6. The van der Waals surface area contributed by atoms with Gasteiger partial charge in [-0.1, -0.05) is 51.7 Å². The summed E-state index contributed by atoms with van der Waals surface area (Å²) in [5, 5.41) is 8.92. The van der Waals surface area contributed by atoms with Gasteiger partial charge in [-0.3, -0.25) is 4.90 Å². The average Bonchev–Trinajstić information content (AvgIpc) is 2.80. The van der Waals surface area contributed by atoms with Crippen molar-refractivity contribution in [1.82, 2.24) is 14.9 Å². The average molecular weight is 409 g/mol. The Labute approximate surface area is 181 Å². The zero-order valence-electron chi connectivity index (χ0n) is 18.6. The summed E-state index contributed by atoms with van der Waals surface area (Å²) in [6.45, 7) is 9.98. The van der Waals surface area contributed by atoms with Crippen molar-refractivity contribution in [2.24, 2.45) is 10.2 Å². The van der Waals surface area contributed by atoms with Crippen LogP contribution in [0.2, 0.25) is 0 Å². The first-order valence-corrected chi connectivity index (χ1v) is 11.6. The highest BCUT2D eigenvalue weighted by Crippen LogP contribution is 2.30. The molecule has 6 nitrogen and oxygen atoms in total. The zero-order chi connectivity index (χ0) is 21.0. The number of aryl methyl sites for hydroxylation is 1. The summed E-state index contributed by atoms with van der Waals surface area (Å²) in [7, 11) is 0. The van der Waals surface area contributed by atoms with E-state index in [1.165, 1.54) is 38.6 Å². The predicted molar refractivity (Wildman–Crippen MR) is 124 cm³/mol. The molecule has 2 aromatic rings. The Balaban J connectivity index is 1.58. The van der Waals surface area contributed by atoms with Gasteiger partial charge in [0.15, 0.2) is 0 Å². The fourth-order valence-electron chi connectivity index (χ4n) is 3.79. The van der Waals surface area contributed by atoms with Crippen LogP contribution in [-0.4, -0.2) is 47.6 Å². The van der Waals surface area contributed by atoms with Gasteiger partial charge in [-0.15, -0.1) is 10.2 Å². The first kappa shape index (κ1) is 22.3. The third-order valence-electron chi connectivity index (χ3n) is 5.64. The molecular weight excluding hydrogens is 372 g/mol. The second-order valence-corrected chi connectivity index (χ2v) is 8.04. The van der Waals surface area contributed by atoms with Gasteiger partial charge >= 0.3 is 0 Å². The van der Waals surface area contributed by atoms with E-state index < -0.39 is 0 Å². The summed E-state index contributed by atoms with van der Waals surface area (Å²) in [5.74, 6) is 0.889. The highest BCUT2D eigenvalue weighted by molar-refractivity contribution is 5.66. The van der Waals surface area contributed by atoms with Gasteiger partial charge in [-0.05, 0) is 31.5 Å². The van der Waals surface area contributed by atoms with E-state index in [4.69, 9.17) is 0 Å². The minimum absolute atomic E-state index is 0.699. The van der Waals surface area contributed by atoms with E-state index in [2.05, 4.69) is 56.0 Å². The number of unbranched alkanes of at least 4 members (excludes halogenated alkanes) is 4. The molecule has 0 radical (unpaired) electrons. The lowest BCUT2D eigenvalue weighted by Crippen LogP contribution is -2.46. The van der Waals surface area contributed by atoms with E-state index in [0.29, 0.717) is 5.69 Å². The number of anilines is 1. The van der Waals surface area contributed by atoms with Gasteiger partial charge < -0.3 is 4.90 Å². The summed E-state index contributed by atoms with van der Waals surface area (Å²) < 4.78 is 0. The summed E-state index contributed by atoms with van der Waals surface area (Å²) in [4.78, 5) is 13.9. The molecule has 1 aliphatic heterocycles. The van der Waals surface area contributed by atoms with Crippen LogP contribution >= 0.6 is 0 Å². The van der Waals surface area contributed by atoms with Crippen LogP contribution in [0.5, 0.6) is 0 Å². The summed E-state index contributed by atoms with van der Waals surface area (Å²) >= 11 is 0. The molecule has 0 saturated carbocycles. The van der Waals surface area contributed by atoms with Gasteiger partial charge in [-0.25, -0.2) is 9.97 Å². The van der Waals surface area contributed by atoms with Crippen molar-refractivity contribution in [3.05, 3.63) is 42.5 Å². The highest BCUT2D eigenvalue weighted by Gasteiger charge is 2.18. The number of nitrogens with zero attached hydrogens (tertiary/aromatic N) is 6. The number of hydrogen-bond donors (Lipinski definition) is 0. The molecule has 0 aliphatic carbocycles. The largest absolute Gasteiger partial charge is 0.367 e. The molecule has 6 heteroatoms. The number of rotatable bonds is 11. The van der Waals surface area contributed by atoms with Crippen molar-refractivity contribution in [3.63, 3.8) is 0 Å². The molecule has 0 spiro atoms. The smallest absolute Gasteiger partial charge is 0.128 e. The van der Waals surface area contributed by atoms with E-state index in [1.54, 1.807) is 12.4 Å². The lowest BCUT2D eigenvalue weighted by atomic mass is 10.2. The SMILES string of the molecule is CCCCCc1ncc(N=Nc2ccccc2N2CCN(CCCCC)CC2)cn1. The Kier molecular flexibility index (Phi) is 9.22. The number of para-hydroxylation sites is 1. The van der Waals surface area contributed by atoms with Crippen LogP contribution in [0.15, 0.2) is 46.9 Å². The van der Waals surface area contributed by atoms with Crippen LogP contribution in [0.25, 0.3) is 0 Å².